The molecule has 0 bridgehead atoms. The van der Waals surface area contributed by atoms with Crippen molar-refractivity contribution in [3.05, 3.63) is 70.9 Å². The highest BCUT2D eigenvalue weighted by Crippen LogP contribution is 2.28. The zero-order valence-corrected chi connectivity index (χ0v) is 15.2. The molecule has 138 valence electrons. The van der Waals surface area contributed by atoms with Crippen LogP contribution in [-0.4, -0.2) is 45.8 Å². The number of hydrogen-bond acceptors (Lipinski definition) is 4. The van der Waals surface area contributed by atoms with Crippen molar-refractivity contribution in [2.75, 3.05) is 19.7 Å². The first-order valence-electron chi connectivity index (χ1n) is 8.62. The standard InChI is InChI=1S/C20H18ClN3O3/c21-14-7-5-13(6-8-14)19-12-24(9-10-27-19)20(26)17-11-16(22-23-17)15-3-1-2-4-18(15)25/h1-8,11,19,25H,9-10,12H2,(H,22,23)/t19-/m0/s1. The molecule has 3 aromatic rings. The molecule has 7 heteroatoms. The SMILES string of the molecule is O=C(c1cc(-c2ccccc2O)n[nH]1)N1CCO[C@H](c2ccc(Cl)cc2)C1. The van der Waals surface area contributed by atoms with Crippen LogP contribution in [0.25, 0.3) is 11.3 Å². The number of ether oxygens (including phenoxy) is 1. The minimum Gasteiger partial charge on any atom is -0.507 e. The Kier molecular flexibility index (Phi) is 4.83. The first-order chi connectivity index (χ1) is 13.1. The average Bonchev–Trinajstić information content (AvgIpc) is 3.18. The number of carbonyl (C=O) groups is 1. The van der Waals surface area contributed by atoms with Crippen LogP contribution < -0.4 is 0 Å². The van der Waals surface area contributed by atoms with E-state index >= 15 is 0 Å². The maximum atomic E-state index is 12.9. The van der Waals surface area contributed by atoms with E-state index in [0.29, 0.717) is 41.7 Å². The Morgan fingerprint density at radius 2 is 2.00 bits per heavy atom. The van der Waals surface area contributed by atoms with Crippen molar-refractivity contribution >= 4 is 17.5 Å². The lowest BCUT2D eigenvalue weighted by Crippen LogP contribution is -2.42. The second-order valence-corrected chi connectivity index (χ2v) is 6.78. The topological polar surface area (TPSA) is 78.4 Å². The summed E-state index contributed by atoms with van der Waals surface area (Å²) in [5.74, 6) is -0.0244. The van der Waals surface area contributed by atoms with Gasteiger partial charge in [0.05, 0.1) is 18.8 Å². The molecule has 0 radical (unpaired) electrons. The minimum absolute atomic E-state index is 0.122. The lowest BCUT2D eigenvalue weighted by Gasteiger charge is -2.33. The number of morpholine rings is 1. The number of phenolic OH excluding ortho intramolecular Hbond substituents is 1. The fourth-order valence-electron chi connectivity index (χ4n) is 3.14. The quantitative estimate of drug-likeness (QED) is 0.723. The van der Waals surface area contributed by atoms with Crippen molar-refractivity contribution in [1.82, 2.24) is 15.1 Å². The summed E-state index contributed by atoms with van der Waals surface area (Å²) in [6, 6.07) is 16.0. The summed E-state index contributed by atoms with van der Waals surface area (Å²) in [5.41, 5.74) is 2.47. The van der Waals surface area contributed by atoms with Gasteiger partial charge in [-0.1, -0.05) is 35.9 Å². The molecule has 1 saturated heterocycles. The lowest BCUT2D eigenvalue weighted by molar-refractivity contribution is -0.0230. The van der Waals surface area contributed by atoms with Gasteiger partial charge in [0.2, 0.25) is 0 Å². The number of para-hydroxylation sites is 1. The largest absolute Gasteiger partial charge is 0.507 e. The van der Waals surface area contributed by atoms with E-state index in [4.69, 9.17) is 16.3 Å². The number of nitrogens with zero attached hydrogens (tertiary/aromatic N) is 2. The van der Waals surface area contributed by atoms with Crippen LogP contribution >= 0.6 is 11.6 Å². The van der Waals surface area contributed by atoms with E-state index in [9.17, 15) is 9.90 Å². The van der Waals surface area contributed by atoms with Crippen molar-refractivity contribution in [3.8, 4) is 17.0 Å². The molecule has 27 heavy (non-hydrogen) atoms. The number of rotatable bonds is 3. The maximum absolute atomic E-state index is 12.9. The highest BCUT2D eigenvalue weighted by Gasteiger charge is 2.27. The van der Waals surface area contributed by atoms with Gasteiger partial charge in [-0.15, -0.1) is 0 Å². The average molecular weight is 384 g/mol. The van der Waals surface area contributed by atoms with Gasteiger partial charge >= 0.3 is 0 Å². The van der Waals surface area contributed by atoms with E-state index in [2.05, 4.69) is 10.2 Å². The summed E-state index contributed by atoms with van der Waals surface area (Å²) in [6.07, 6.45) is -0.194. The molecule has 1 atom stereocenters. The van der Waals surface area contributed by atoms with Crippen molar-refractivity contribution in [2.45, 2.75) is 6.10 Å². The predicted octanol–water partition coefficient (Wildman–Crippen LogP) is 3.65. The van der Waals surface area contributed by atoms with Crippen LogP contribution in [0.15, 0.2) is 54.6 Å². The summed E-state index contributed by atoms with van der Waals surface area (Å²) in [7, 11) is 0. The van der Waals surface area contributed by atoms with Crippen molar-refractivity contribution < 1.29 is 14.6 Å². The van der Waals surface area contributed by atoms with E-state index < -0.39 is 0 Å². The number of halogens is 1. The summed E-state index contributed by atoms with van der Waals surface area (Å²) in [5, 5.41) is 17.6. The molecule has 1 aliphatic rings. The van der Waals surface area contributed by atoms with Crippen LogP contribution in [0.4, 0.5) is 0 Å². The Hall–Kier alpha value is -2.83. The molecule has 1 aliphatic heterocycles. The van der Waals surface area contributed by atoms with Crippen LogP contribution in [0.1, 0.15) is 22.2 Å². The molecule has 0 spiro atoms. The molecule has 2 aromatic carbocycles. The second kappa shape index (κ2) is 7.42. The first kappa shape index (κ1) is 17.6. The third-order valence-electron chi connectivity index (χ3n) is 4.58. The van der Waals surface area contributed by atoms with Gasteiger partial charge in [0.1, 0.15) is 17.5 Å². The van der Waals surface area contributed by atoms with E-state index in [1.165, 1.54) is 0 Å². The molecule has 0 aliphatic carbocycles. The number of H-pyrrole nitrogens is 1. The number of carbonyl (C=O) groups excluding carboxylic acids is 1. The fraction of sp³-hybridized carbons (Fsp3) is 0.200. The lowest BCUT2D eigenvalue weighted by atomic mass is 10.1. The predicted molar refractivity (Wildman–Crippen MR) is 102 cm³/mol. The van der Waals surface area contributed by atoms with Gasteiger partial charge in [0, 0.05) is 17.1 Å². The zero-order valence-electron chi connectivity index (χ0n) is 14.4. The molecule has 0 unspecified atom stereocenters. The molecule has 2 heterocycles. The van der Waals surface area contributed by atoms with Crippen LogP contribution in [0, 0.1) is 0 Å². The van der Waals surface area contributed by atoms with Gasteiger partial charge in [-0.3, -0.25) is 9.89 Å². The smallest absolute Gasteiger partial charge is 0.272 e. The van der Waals surface area contributed by atoms with Crippen LogP contribution in [-0.2, 0) is 4.74 Å². The summed E-state index contributed by atoms with van der Waals surface area (Å²) in [4.78, 5) is 14.6. The number of hydrogen-bond donors (Lipinski definition) is 2. The zero-order chi connectivity index (χ0) is 18.8. The number of aromatic hydroxyl groups is 1. The van der Waals surface area contributed by atoms with E-state index in [0.717, 1.165) is 5.56 Å². The minimum atomic E-state index is -0.194. The maximum Gasteiger partial charge on any atom is 0.272 e. The third-order valence-corrected chi connectivity index (χ3v) is 4.84. The molecular formula is C20H18ClN3O3. The van der Waals surface area contributed by atoms with E-state index in [1.807, 2.05) is 30.3 Å². The number of aromatic nitrogens is 2. The molecule has 2 N–H and O–H groups in total. The Balaban J connectivity index is 1.51. The highest BCUT2D eigenvalue weighted by molar-refractivity contribution is 6.30. The van der Waals surface area contributed by atoms with Gasteiger partial charge < -0.3 is 14.7 Å². The molecule has 6 nitrogen and oxygen atoms in total. The number of amides is 1. The summed E-state index contributed by atoms with van der Waals surface area (Å²) >= 11 is 5.94. The molecule has 0 saturated carbocycles. The third kappa shape index (κ3) is 3.67. The highest BCUT2D eigenvalue weighted by atomic mass is 35.5. The molecule has 1 fully saturated rings. The van der Waals surface area contributed by atoms with Gasteiger partial charge in [0.25, 0.3) is 5.91 Å². The van der Waals surface area contributed by atoms with Crippen molar-refractivity contribution in [2.24, 2.45) is 0 Å². The van der Waals surface area contributed by atoms with Gasteiger partial charge in [-0.25, -0.2) is 0 Å². The monoisotopic (exact) mass is 383 g/mol. The Labute approximate surface area is 161 Å². The molecule has 4 rings (SSSR count). The number of nitrogens with one attached hydrogen (secondary N) is 1. The van der Waals surface area contributed by atoms with Crippen LogP contribution in [0.3, 0.4) is 0 Å². The van der Waals surface area contributed by atoms with Gasteiger partial charge in [-0.05, 0) is 35.9 Å². The summed E-state index contributed by atoms with van der Waals surface area (Å²) in [6.45, 7) is 1.42. The van der Waals surface area contributed by atoms with Crippen LogP contribution in [0.2, 0.25) is 5.02 Å². The fourth-order valence-corrected chi connectivity index (χ4v) is 3.27. The van der Waals surface area contributed by atoms with E-state index in [-0.39, 0.29) is 17.8 Å². The van der Waals surface area contributed by atoms with Crippen molar-refractivity contribution in [1.29, 1.82) is 0 Å². The normalized spacial score (nSPS) is 17.1. The second-order valence-electron chi connectivity index (χ2n) is 6.35. The molecular weight excluding hydrogens is 366 g/mol. The van der Waals surface area contributed by atoms with Gasteiger partial charge in [0.15, 0.2) is 0 Å². The Morgan fingerprint density at radius 3 is 2.78 bits per heavy atom. The number of phenols is 1. The number of aromatic amines is 1. The Morgan fingerprint density at radius 1 is 1.22 bits per heavy atom. The van der Waals surface area contributed by atoms with Crippen LogP contribution in [0.5, 0.6) is 5.75 Å². The first-order valence-corrected chi connectivity index (χ1v) is 9.00. The molecule has 1 amide bonds. The van der Waals surface area contributed by atoms with Gasteiger partial charge in [-0.2, -0.15) is 5.10 Å². The number of benzene rings is 2. The Bertz CT molecular complexity index is 955. The van der Waals surface area contributed by atoms with Crippen molar-refractivity contribution in [3.63, 3.8) is 0 Å². The summed E-state index contributed by atoms with van der Waals surface area (Å²) < 4.78 is 5.81. The molecule has 1 aromatic heterocycles. The van der Waals surface area contributed by atoms with E-state index in [1.54, 1.807) is 29.2 Å².